The molecule has 3 nitrogen and oxygen atoms in total. The van der Waals surface area contributed by atoms with Crippen molar-refractivity contribution in [3.8, 4) is 28.0 Å². The maximum Gasteiger partial charge on any atom is 0.201 e. The van der Waals surface area contributed by atoms with Crippen LogP contribution in [-0.4, -0.2) is 19.8 Å². The van der Waals surface area contributed by atoms with Crippen molar-refractivity contribution in [2.45, 2.75) is 39.4 Å². The quantitative estimate of drug-likeness (QED) is 0.279. The minimum atomic E-state index is -1.04. The summed E-state index contributed by atoms with van der Waals surface area (Å²) >= 11 is 0. The Bertz CT molecular complexity index is 1180. The number of ether oxygens (including phenoxy) is 3. The highest BCUT2D eigenvalue weighted by Gasteiger charge is 2.24. The molecule has 1 fully saturated rings. The smallest absolute Gasteiger partial charge is 0.201 e. The first kappa shape index (κ1) is 26.0. The van der Waals surface area contributed by atoms with Crippen molar-refractivity contribution in [3.05, 3.63) is 89.8 Å². The lowest BCUT2D eigenvalue weighted by atomic mass is 9.98. The Hall–Kier alpha value is -3.09. The molecule has 190 valence electrons. The second-order valence-electron chi connectivity index (χ2n) is 8.94. The molecule has 1 heterocycles. The third kappa shape index (κ3) is 6.00. The van der Waals surface area contributed by atoms with Crippen molar-refractivity contribution < 1.29 is 27.4 Å². The zero-order valence-electron chi connectivity index (χ0n) is 20.6. The van der Waals surface area contributed by atoms with Crippen LogP contribution in [0.2, 0.25) is 0 Å². The van der Waals surface area contributed by atoms with Gasteiger partial charge in [-0.3, -0.25) is 0 Å². The van der Waals surface area contributed by atoms with E-state index in [4.69, 9.17) is 14.2 Å². The Kier molecular flexibility index (Phi) is 8.83. The van der Waals surface area contributed by atoms with Gasteiger partial charge in [-0.1, -0.05) is 68.3 Å². The number of hydrogen-bond acceptors (Lipinski definition) is 3. The van der Waals surface area contributed by atoms with Gasteiger partial charge in [-0.2, -0.15) is 4.39 Å². The Morgan fingerprint density at radius 1 is 0.889 bits per heavy atom. The number of rotatable bonds is 9. The van der Waals surface area contributed by atoms with Crippen LogP contribution in [0, 0.1) is 23.4 Å². The molecule has 0 N–H and O–H groups in total. The van der Waals surface area contributed by atoms with Gasteiger partial charge in [0.2, 0.25) is 5.82 Å². The molecule has 0 aliphatic carbocycles. The first-order valence-electron chi connectivity index (χ1n) is 12.4. The molecule has 6 heteroatoms. The molecule has 0 aromatic heterocycles. The summed E-state index contributed by atoms with van der Waals surface area (Å²) in [5.74, 6) is -2.19. The Labute approximate surface area is 210 Å². The third-order valence-corrected chi connectivity index (χ3v) is 6.32. The summed E-state index contributed by atoms with van der Waals surface area (Å²) < 4.78 is 61.1. The molecule has 36 heavy (non-hydrogen) atoms. The van der Waals surface area contributed by atoms with Crippen LogP contribution in [0.4, 0.5) is 13.2 Å². The molecule has 0 amide bonds. The van der Waals surface area contributed by atoms with Gasteiger partial charge in [0, 0.05) is 22.6 Å². The van der Waals surface area contributed by atoms with Crippen molar-refractivity contribution in [3.63, 3.8) is 0 Å². The largest absolute Gasteiger partial charge is 0.486 e. The van der Waals surface area contributed by atoms with Crippen molar-refractivity contribution in [1.29, 1.82) is 0 Å². The van der Waals surface area contributed by atoms with Crippen LogP contribution in [0.1, 0.15) is 45.0 Å². The summed E-state index contributed by atoms with van der Waals surface area (Å²) in [5.41, 5.74) is 2.25. The van der Waals surface area contributed by atoms with E-state index in [2.05, 4.69) is 6.92 Å². The first-order chi connectivity index (χ1) is 17.5. The zero-order valence-corrected chi connectivity index (χ0v) is 20.6. The molecule has 0 bridgehead atoms. The van der Waals surface area contributed by atoms with Crippen LogP contribution in [0.3, 0.4) is 0 Å². The summed E-state index contributed by atoms with van der Waals surface area (Å²) in [4.78, 5) is 0. The van der Waals surface area contributed by atoms with E-state index in [0.29, 0.717) is 41.4 Å². The predicted molar refractivity (Wildman–Crippen MR) is 135 cm³/mol. The molecule has 0 saturated carbocycles. The van der Waals surface area contributed by atoms with Crippen molar-refractivity contribution in [2.24, 2.45) is 5.92 Å². The number of halogens is 3. The highest BCUT2D eigenvalue weighted by atomic mass is 19.2. The Morgan fingerprint density at radius 3 is 2.19 bits per heavy atom. The van der Waals surface area contributed by atoms with Crippen molar-refractivity contribution in [1.82, 2.24) is 0 Å². The van der Waals surface area contributed by atoms with E-state index in [9.17, 15) is 8.78 Å². The van der Waals surface area contributed by atoms with E-state index in [-0.39, 0.29) is 17.9 Å². The lowest BCUT2D eigenvalue weighted by Gasteiger charge is -2.29. The summed E-state index contributed by atoms with van der Waals surface area (Å²) in [6.45, 7) is 5.34. The van der Waals surface area contributed by atoms with Crippen LogP contribution in [0.15, 0.2) is 66.7 Å². The number of benzene rings is 3. The van der Waals surface area contributed by atoms with E-state index in [0.717, 1.165) is 19.3 Å². The molecule has 0 spiro atoms. The molecule has 4 rings (SSSR count). The maximum atomic E-state index is 15.0. The summed E-state index contributed by atoms with van der Waals surface area (Å²) in [7, 11) is 0. The molecule has 1 saturated heterocycles. The van der Waals surface area contributed by atoms with Gasteiger partial charge in [-0.15, -0.1) is 0 Å². The highest BCUT2D eigenvalue weighted by molar-refractivity contribution is 5.71. The number of hydrogen-bond donors (Lipinski definition) is 0. The normalized spacial score (nSPS) is 18.0. The lowest BCUT2D eigenvalue weighted by molar-refractivity contribution is -0.206. The van der Waals surface area contributed by atoms with Gasteiger partial charge in [-0.05, 0) is 42.7 Å². The second kappa shape index (κ2) is 12.2. The van der Waals surface area contributed by atoms with E-state index < -0.39 is 23.7 Å². The highest BCUT2D eigenvalue weighted by Crippen LogP contribution is 2.34. The fourth-order valence-corrected chi connectivity index (χ4v) is 4.24. The number of unbranched alkanes of at least 4 members (excludes halogenated alkanes) is 1. The third-order valence-electron chi connectivity index (χ3n) is 6.32. The molecular weight excluding hydrogens is 465 g/mol. The lowest BCUT2D eigenvalue weighted by Crippen LogP contribution is -2.27. The SMILES string of the molecule is C/C=C/COc1ccc(-c2ccc(-c3ccc(C4OCC(CCCC)CO4)cc3F)cc2)c(F)c1F. The average molecular weight is 497 g/mol. The average Bonchev–Trinajstić information content (AvgIpc) is 2.90. The standard InChI is InChI=1S/C30H31F3O3/c1-3-5-7-20-18-35-30(36-19-20)23-12-13-24(26(31)17-23)21-8-10-22(11-9-21)25-14-15-27(29(33)28(25)32)34-16-6-4-2/h4,6,8-15,17,20,30H,3,5,7,16,18-19H2,1-2H3/b6-4+. The van der Waals surface area contributed by atoms with Crippen LogP contribution < -0.4 is 4.74 Å². The minimum absolute atomic E-state index is 0.108. The Morgan fingerprint density at radius 2 is 1.56 bits per heavy atom. The molecule has 0 unspecified atom stereocenters. The number of allylic oxidation sites excluding steroid dienone is 1. The molecule has 1 aliphatic heterocycles. The monoisotopic (exact) mass is 496 g/mol. The molecule has 3 aromatic carbocycles. The van der Waals surface area contributed by atoms with Gasteiger partial charge in [-0.25, -0.2) is 8.78 Å². The van der Waals surface area contributed by atoms with Gasteiger partial charge >= 0.3 is 0 Å². The summed E-state index contributed by atoms with van der Waals surface area (Å²) in [6, 6.07) is 14.5. The van der Waals surface area contributed by atoms with Gasteiger partial charge in [0.1, 0.15) is 12.4 Å². The van der Waals surface area contributed by atoms with Crippen LogP contribution in [0.5, 0.6) is 5.75 Å². The predicted octanol–water partition coefficient (Wildman–Crippen LogP) is 8.24. The topological polar surface area (TPSA) is 27.7 Å². The summed E-state index contributed by atoms with van der Waals surface area (Å²) in [6.07, 6.45) is 6.24. The fourth-order valence-electron chi connectivity index (χ4n) is 4.24. The van der Waals surface area contributed by atoms with Crippen LogP contribution >= 0.6 is 0 Å². The molecule has 0 atom stereocenters. The minimum Gasteiger partial charge on any atom is -0.486 e. The Balaban J connectivity index is 1.46. The molecule has 3 aromatic rings. The van der Waals surface area contributed by atoms with Gasteiger partial charge in [0.05, 0.1) is 13.2 Å². The van der Waals surface area contributed by atoms with E-state index >= 15 is 4.39 Å². The van der Waals surface area contributed by atoms with Crippen LogP contribution in [0.25, 0.3) is 22.3 Å². The summed E-state index contributed by atoms with van der Waals surface area (Å²) in [5, 5.41) is 0. The molecular formula is C30H31F3O3. The second-order valence-corrected chi connectivity index (χ2v) is 8.94. The molecule has 1 aliphatic rings. The van der Waals surface area contributed by atoms with Gasteiger partial charge in [0.25, 0.3) is 0 Å². The van der Waals surface area contributed by atoms with Gasteiger partial charge < -0.3 is 14.2 Å². The van der Waals surface area contributed by atoms with Crippen LogP contribution in [-0.2, 0) is 9.47 Å². The van der Waals surface area contributed by atoms with E-state index in [1.165, 1.54) is 18.2 Å². The maximum absolute atomic E-state index is 15.0. The van der Waals surface area contributed by atoms with E-state index in [1.807, 2.05) is 6.92 Å². The zero-order chi connectivity index (χ0) is 25.5. The van der Waals surface area contributed by atoms with Crippen molar-refractivity contribution in [2.75, 3.05) is 19.8 Å². The first-order valence-corrected chi connectivity index (χ1v) is 12.4. The van der Waals surface area contributed by atoms with E-state index in [1.54, 1.807) is 48.6 Å². The fraction of sp³-hybridized carbons (Fsp3) is 0.333. The van der Waals surface area contributed by atoms with Gasteiger partial charge in [0.15, 0.2) is 17.9 Å². The van der Waals surface area contributed by atoms with Crippen molar-refractivity contribution >= 4 is 0 Å². The molecule has 0 radical (unpaired) electrons.